The molecule has 2 heteroatoms. The predicted octanol–water partition coefficient (Wildman–Crippen LogP) is 3.19. The fourth-order valence-electron chi connectivity index (χ4n) is 1.57. The molecule has 0 spiro atoms. The van der Waals surface area contributed by atoms with Crippen molar-refractivity contribution in [3.63, 3.8) is 0 Å². The van der Waals surface area contributed by atoms with Crippen molar-refractivity contribution < 1.29 is 9.53 Å². The highest BCUT2D eigenvalue weighted by atomic mass is 16.5. The molecular weight excluding hydrogens is 212 g/mol. The van der Waals surface area contributed by atoms with E-state index < -0.39 is 0 Å². The van der Waals surface area contributed by atoms with Crippen molar-refractivity contribution in [2.24, 2.45) is 0 Å². The van der Waals surface area contributed by atoms with Gasteiger partial charge in [-0.3, -0.25) is 4.79 Å². The standard InChI is InChI=1S/C15H13O2/c1-12-9-14(10-16)7-8-15(12)17-11-13-5-3-2-4-6-13/h2-8,10H,11H2,1H3. The van der Waals surface area contributed by atoms with Gasteiger partial charge in [-0.05, 0) is 36.2 Å². The van der Waals surface area contributed by atoms with E-state index >= 15 is 0 Å². The maximum atomic E-state index is 10.6. The largest absolute Gasteiger partial charge is 0.489 e. The first-order chi connectivity index (χ1) is 8.29. The fraction of sp³-hybridized carbons (Fsp3) is 0.133. The molecule has 0 aliphatic carbocycles. The summed E-state index contributed by atoms with van der Waals surface area (Å²) in [5.41, 5.74) is 2.52. The molecule has 17 heavy (non-hydrogen) atoms. The Kier molecular flexibility index (Phi) is 3.55. The first-order valence-corrected chi connectivity index (χ1v) is 5.44. The summed E-state index contributed by atoms with van der Waals surface area (Å²) in [6.07, 6.45) is 0.786. The third kappa shape index (κ3) is 2.94. The summed E-state index contributed by atoms with van der Waals surface area (Å²) in [7, 11) is 0. The van der Waals surface area contributed by atoms with Crippen LogP contribution >= 0.6 is 0 Å². The number of aryl methyl sites for hydroxylation is 1. The summed E-state index contributed by atoms with van der Waals surface area (Å²) in [6, 6.07) is 16.4. The van der Waals surface area contributed by atoms with E-state index in [-0.39, 0.29) is 0 Å². The van der Waals surface area contributed by atoms with Crippen LogP contribution in [0.3, 0.4) is 0 Å². The topological polar surface area (TPSA) is 26.3 Å². The van der Waals surface area contributed by atoms with Gasteiger partial charge in [-0.2, -0.15) is 0 Å². The van der Waals surface area contributed by atoms with Gasteiger partial charge in [-0.15, -0.1) is 0 Å². The Bertz CT molecular complexity index is 504. The highest BCUT2D eigenvalue weighted by Crippen LogP contribution is 2.19. The molecule has 0 fully saturated rings. The molecule has 2 aromatic rings. The molecule has 2 nitrogen and oxygen atoms in total. The Labute approximate surface area is 101 Å². The second-order valence-electron chi connectivity index (χ2n) is 3.80. The number of rotatable bonds is 4. The van der Waals surface area contributed by atoms with Gasteiger partial charge in [0, 0.05) is 5.56 Å². The quantitative estimate of drug-likeness (QED) is 0.747. The van der Waals surface area contributed by atoms with Gasteiger partial charge in [0.25, 0.3) is 0 Å². The molecule has 0 atom stereocenters. The molecule has 0 saturated heterocycles. The normalized spacial score (nSPS) is 9.94. The Morgan fingerprint density at radius 2 is 1.94 bits per heavy atom. The van der Waals surface area contributed by atoms with Gasteiger partial charge in [0.2, 0.25) is 0 Å². The number of carbonyl (C=O) groups is 1. The highest BCUT2D eigenvalue weighted by Gasteiger charge is 2.01. The number of hydrogen-bond donors (Lipinski definition) is 0. The Morgan fingerprint density at radius 1 is 1.18 bits per heavy atom. The van der Waals surface area contributed by atoms with E-state index in [0.717, 1.165) is 23.2 Å². The minimum Gasteiger partial charge on any atom is -0.489 e. The zero-order valence-corrected chi connectivity index (χ0v) is 9.64. The van der Waals surface area contributed by atoms with Gasteiger partial charge < -0.3 is 4.74 Å². The van der Waals surface area contributed by atoms with Crippen LogP contribution in [0.4, 0.5) is 0 Å². The van der Waals surface area contributed by atoms with Crippen LogP contribution in [0.25, 0.3) is 0 Å². The average molecular weight is 225 g/mol. The van der Waals surface area contributed by atoms with Crippen LogP contribution in [0, 0.1) is 13.0 Å². The lowest BCUT2D eigenvalue weighted by atomic mass is 10.1. The second-order valence-corrected chi connectivity index (χ2v) is 3.80. The number of carbonyl (C=O) groups excluding carboxylic acids is 1. The summed E-state index contributed by atoms with van der Waals surface area (Å²) >= 11 is 0. The molecular formula is C15H13O2. The first-order valence-electron chi connectivity index (χ1n) is 5.44. The summed E-state index contributed by atoms with van der Waals surface area (Å²) in [5.74, 6) is 0.763. The molecule has 0 aliphatic rings. The van der Waals surface area contributed by atoms with Crippen molar-refractivity contribution >= 4 is 6.29 Å². The smallest absolute Gasteiger partial charge is 0.150 e. The van der Waals surface area contributed by atoms with Gasteiger partial charge in [0.1, 0.15) is 12.4 Å². The molecule has 85 valence electrons. The Balaban J connectivity index is 2.07. The molecule has 1 radical (unpaired) electrons. The van der Waals surface area contributed by atoms with Crippen molar-refractivity contribution in [1.29, 1.82) is 0 Å². The lowest BCUT2D eigenvalue weighted by Gasteiger charge is -2.09. The van der Waals surface area contributed by atoms with E-state index in [4.69, 9.17) is 4.74 Å². The van der Waals surface area contributed by atoms with E-state index in [2.05, 4.69) is 6.07 Å². The maximum absolute atomic E-state index is 10.6. The molecule has 2 rings (SSSR count). The minimum absolute atomic E-state index is 0.524. The summed E-state index contributed by atoms with van der Waals surface area (Å²) < 4.78 is 5.68. The molecule has 0 saturated carbocycles. The van der Waals surface area contributed by atoms with E-state index in [1.807, 2.05) is 37.3 Å². The second kappa shape index (κ2) is 5.30. The zero-order chi connectivity index (χ0) is 12.1. The van der Waals surface area contributed by atoms with Crippen LogP contribution in [0.2, 0.25) is 0 Å². The molecule has 0 aliphatic heterocycles. The van der Waals surface area contributed by atoms with E-state index in [9.17, 15) is 4.79 Å². The maximum Gasteiger partial charge on any atom is 0.150 e. The van der Waals surface area contributed by atoms with Gasteiger partial charge in [-0.25, -0.2) is 0 Å². The van der Waals surface area contributed by atoms with E-state index in [1.54, 1.807) is 12.1 Å². The van der Waals surface area contributed by atoms with Crippen LogP contribution in [0.1, 0.15) is 21.5 Å². The van der Waals surface area contributed by atoms with E-state index in [1.165, 1.54) is 0 Å². The van der Waals surface area contributed by atoms with Crippen LogP contribution in [-0.4, -0.2) is 6.29 Å². The number of ether oxygens (including phenoxy) is 1. The highest BCUT2D eigenvalue weighted by molar-refractivity contribution is 5.75. The molecule has 0 aromatic heterocycles. The SMILES string of the molecule is Cc1[c]c(C=O)ccc1OCc1ccccc1. The zero-order valence-electron chi connectivity index (χ0n) is 9.64. The van der Waals surface area contributed by atoms with Crippen molar-refractivity contribution in [2.45, 2.75) is 13.5 Å². The van der Waals surface area contributed by atoms with Gasteiger partial charge >= 0.3 is 0 Å². The molecule has 0 amide bonds. The number of hydrogen-bond acceptors (Lipinski definition) is 2. The van der Waals surface area contributed by atoms with Crippen molar-refractivity contribution in [3.05, 3.63) is 65.2 Å². The lowest BCUT2D eigenvalue weighted by Crippen LogP contribution is -1.97. The van der Waals surface area contributed by atoms with Crippen LogP contribution in [0.5, 0.6) is 5.75 Å². The van der Waals surface area contributed by atoms with Crippen molar-refractivity contribution in [1.82, 2.24) is 0 Å². The van der Waals surface area contributed by atoms with Crippen molar-refractivity contribution in [2.75, 3.05) is 0 Å². The molecule has 0 N–H and O–H groups in total. The number of benzene rings is 2. The van der Waals surface area contributed by atoms with E-state index in [0.29, 0.717) is 12.2 Å². The van der Waals surface area contributed by atoms with Crippen molar-refractivity contribution in [3.8, 4) is 5.75 Å². The molecule has 2 aromatic carbocycles. The summed E-state index contributed by atoms with van der Waals surface area (Å²) in [4.78, 5) is 10.6. The van der Waals surface area contributed by atoms with Gasteiger partial charge in [-0.1, -0.05) is 30.3 Å². The minimum atomic E-state index is 0.524. The Hall–Kier alpha value is -2.09. The predicted molar refractivity (Wildman–Crippen MR) is 66.2 cm³/mol. The third-order valence-electron chi connectivity index (χ3n) is 2.48. The average Bonchev–Trinajstić information content (AvgIpc) is 2.38. The first kappa shape index (κ1) is 11.4. The van der Waals surface area contributed by atoms with Crippen LogP contribution in [-0.2, 0) is 6.61 Å². The van der Waals surface area contributed by atoms with Crippen LogP contribution in [0.15, 0.2) is 42.5 Å². The third-order valence-corrected chi connectivity index (χ3v) is 2.48. The Morgan fingerprint density at radius 3 is 2.59 bits per heavy atom. The fourth-order valence-corrected chi connectivity index (χ4v) is 1.57. The number of aldehydes is 1. The molecule has 0 unspecified atom stereocenters. The molecule has 0 heterocycles. The lowest BCUT2D eigenvalue weighted by molar-refractivity contribution is 0.112. The van der Waals surface area contributed by atoms with Gasteiger partial charge in [0.15, 0.2) is 6.29 Å². The summed E-state index contributed by atoms with van der Waals surface area (Å²) in [5, 5.41) is 0. The molecule has 0 bridgehead atoms. The summed E-state index contributed by atoms with van der Waals surface area (Å²) in [6.45, 7) is 2.41. The van der Waals surface area contributed by atoms with Gasteiger partial charge in [0.05, 0.1) is 0 Å². The van der Waals surface area contributed by atoms with Crippen LogP contribution < -0.4 is 4.74 Å². The monoisotopic (exact) mass is 225 g/mol.